The number of furan rings is 1. The molecule has 2 fully saturated rings. The van der Waals surface area contributed by atoms with Crippen molar-refractivity contribution in [3.63, 3.8) is 0 Å². The van der Waals surface area contributed by atoms with Crippen molar-refractivity contribution >= 4 is 44.6 Å². The first-order chi connectivity index (χ1) is 18.1. The number of pyridine rings is 1. The number of benzene rings is 2. The lowest BCUT2D eigenvalue weighted by Crippen LogP contribution is -2.36. The van der Waals surface area contributed by atoms with E-state index < -0.39 is 0 Å². The molecule has 4 heterocycles. The maximum Gasteiger partial charge on any atom is 0.174 e. The SMILES string of the molecule is Cc1ccc(-c2ccc([C@@H]3[C@@H](c4ccccn4)NC(=S)N3c3ccc(N4CCOCC4)cc3)o2)c(Br)c1. The van der Waals surface area contributed by atoms with Gasteiger partial charge in [0.1, 0.15) is 17.6 Å². The van der Waals surface area contributed by atoms with Crippen molar-refractivity contribution in [2.75, 3.05) is 36.1 Å². The predicted octanol–water partition coefficient (Wildman–Crippen LogP) is 6.43. The van der Waals surface area contributed by atoms with Crippen LogP contribution in [0.5, 0.6) is 0 Å². The molecule has 0 radical (unpaired) electrons. The van der Waals surface area contributed by atoms with Crippen LogP contribution in [0.25, 0.3) is 11.3 Å². The van der Waals surface area contributed by atoms with Gasteiger partial charge in [-0.2, -0.15) is 0 Å². The lowest BCUT2D eigenvalue weighted by atomic mass is 10.0. The van der Waals surface area contributed by atoms with E-state index in [0.717, 1.165) is 59.2 Å². The number of nitrogens with zero attached hydrogens (tertiary/aromatic N) is 3. The van der Waals surface area contributed by atoms with Crippen LogP contribution in [0.1, 0.15) is 29.1 Å². The number of ether oxygens (including phenoxy) is 1. The van der Waals surface area contributed by atoms with Crippen LogP contribution in [-0.4, -0.2) is 36.4 Å². The van der Waals surface area contributed by atoms with Crippen molar-refractivity contribution in [3.8, 4) is 11.3 Å². The van der Waals surface area contributed by atoms with Gasteiger partial charge in [0.25, 0.3) is 0 Å². The van der Waals surface area contributed by atoms with Gasteiger partial charge in [-0.3, -0.25) is 4.98 Å². The molecular weight excluding hydrogens is 548 g/mol. The number of anilines is 2. The highest BCUT2D eigenvalue weighted by atomic mass is 79.9. The van der Waals surface area contributed by atoms with E-state index in [-0.39, 0.29) is 12.1 Å². The van der Waals surface area contributed by atoms with E-state index in [1.165, 1.54) is 11.3 Å². The molecule has 0 saturated carbocycles. The summed E-state index contributed by atoms with van der Waals surface area (Å²) in [5.41, 5.74) is 5.31. The van der Waals surface area contributed by atoms with Crippen molar-refractivity contribution < 1.29 is 9.15 Å². The zero-order valence-electron chi connectivity index (χ0n) is 20.4. The molecule has 6 nitrogen and oxygen atoms in total. The number of aromatic nitrogens is 1. The smallest absolute Gasteiger partial charge is 0.174 e. The highest BCUT2D eigenvalue weighted by Crippen LogP contribution is 2.43. The third kappa shape index (κ3) is 4.77. The van der Waals surface area contributed by atoms with Crippen LogP contribution in [0.2, 0.25) is 0 Å². The number of thiocarbonyl (C=S) groups is 1. The zero-order chi connectivity index (χ0) is 25.4. The lowest BCUT2D eigenvalue weighted by molar-refractivity contribution is 0.122. The average molecular weight is 576 g/mol. The van der Waals surface area contributed by atoms with Gasteiger partial charge in [-0.25, -0.2) is 0 Å². The molecule has 0 aliphatic carbocycles. The first kappa shape index (κ1) is 24.2. The molecule has 2 aliphatic heterocycles. The van der Waals surface area contributed by atoms with Gasteiger partial charge in [0.15, 0.2) is 5.11 Å². The van der Waals surface area contributed by atoms with Crippen molar-refractivity contribution in [3.05, 3.63) is 100 Å². The second-order valence-electron chi connectivity index (χ2n) is 9.30. The Bertz CT molecular complexity index is 1400. The summed E-state index contributed by atoms with van der Waals surface area (Å²) in [7, 11) is 0. The highest BCUT2D eigenvalue weighted by Gasteiger charge is 2.42. The average Bonchev–Trinajstić information content (AvgIpc) is 3.54. The summed E-state index contributed by atoms with van der Waals surface area (Å²) >= 11 is 9.58. The van der Waals surface area contributed by atoms with E-state index in [2.05, 4.69) is 85.4 Å². The van der Waals surface area contributed by atoms with Crippen LogP contribution >= 0.6 is 28.1 Å². The van der Waals surface area contributed by atoms with E-state index in [0.29, 0.717) is 5.11 Å². The van der Waals surface area contributed by atoms with E-state index in [4.69, 9.17) is 21.4 Å². The minimum absolute atomic E-state index is 0.159. The highest BCUT2D eigenvalue weighted by molar-refractivity contribution is 9.10. The molecule has 8 heteroatoms. The Morgan fingerprint density at radius 1 is 0.973 bits per heavy atom. The summed E-state index contributed by atoms with van der Waals surface area (Å²) in [5, 5.41) is 4.16. The fourth-order valence-electron chi connectivity index (χ4n) is 5.04. The number of hydrogen-bond acceptors (Lipinski definition) is 5. The van der Waals surface area contributed by atoms with Gasteiger partial charge in [0.2, 0.25) is 0 Å². The predicted molar refractivity (Wildman–Crippen MR) is 154 cm³/mol. The van der Waals surface area contributed by atoms with Crippen LogP contribution in [0.4, 0.5) is 11.4 Å². The first-order valence-corrected chi connectivity index (χ1v) is 13.6. The molecule has 2 saturated heterocycles. The van der Waals surface area contributed by atoms with E-state index in [1.54, 1.807) is 0 Å². The molecule has 0 unspecified atom stereocenters. The van der Waals surface area contributed by atoms with Crippen LogP contribution < -0.4 is 15.1 Å². The minimum Gasteiger partial charge on any atom is -0.459 e. The number of aryl methyl sites for hydroxylation is 1. The summed E-state index contributed by atoms with van der Waals surface area (Å²) in [6.07, 6.45) is 1.81. The van der Waals surface area contributed by atoms with Gasteiger partial charge in [-0.05, 0) is 85.4 Å². The molecule has 0 bridgehead atoms. The molecule has 4 aromatic rings. The first-order valence-electron chi connectivity index (χ1n) is 12.4. The number of morpholine rings is 1. The van der Waals surface area contributed by atoms with E-state index in [1.807, 2.05) is 36.5 Å². The fraction of sp³-hybridized carbons (Fsp3) is 0.241. The topological polar surface area (TPSA) is 53.8 Å². The van der Waals surface area contributed by atoms with Gasteiger partial charge in [-0.1, -0.05) is 28.1 Å². The lowest BCUT2D eigenvalue weighted by Gasteiger charge is -2.30. The van der Waals surface area contributed by atoms with Crippen molar-refractivity contribution in [1.29, 1.82) is 0 Å². The third-order valence-corrected chi connectivity index (χ3v) is 7.88. The molecule has 6 rings (SSSR count). The Labute approximate surface area is 230 Å². The molecule has 37 heavy (non-hydrogen) atoms. The molecule has 0 spiro atoms. The Hall–Kier alpha value is -3.20. The third-order valence-electron chi connectivity index (χ3n) is 6.91. The van der Waals surface area contributed by atoms with Crippen molar-refractivity contribution in [2.24, 2.45) is 0 Å². The molecular formula is C29H27BrN4O2S. The molecule has 1 N–H and O–H groups in total. The number of nitrogens with one attached hydrogen (secondary N) is 1. The molecule has 2 aliphatic rings. The maximum absolute atomic E-state index is 6.52. The van der Waals surface area contributed by atoms with E-state index >= 15 is 0 Å². The van der Waals surface area contributed by atoms with Gasteiger partial charge in [0, 0.05) is 40.7 Å². The number of halogens is 1. The van der Waals surface area contributed by atoms with Gasteiger partial charge in [0.05, 0.1) is 24.9 Å². The standard InChI is InChI=1S/C29H27BrN4O2S/c1-19-5-10-22(23(30)18-19)25-11-12-26(36-25)28-27(24-4-2-3-13-31-24)32-29(37)34(28)21-8-6-20(7-9-21)33-14-16-35-17-15-33/h2-13,18,27-28H,14-17H2,1H3,(H,32,37)/t27-,28-/m1/s1. The van der Waals surface area contributed by atoms with Crippen LogP contribution in [0.15, 0.2) is 87.9 Å². The molecule has 0 amide bonds. The Morgan fingerprint density at radius 2 is 1.76 bits per heavy atom. The van der Waals surface area contributed by atoms with Crippen molar-refractivity contribution in [2.45, 2.75) is 19.0 Å². The number of hydrogen-bond donors (Lipinski definition) is 1. The summed E-state index contributed by atoms with van der Waals surface area (Å²) in [6, 6.07) is 24.5. The van der Waals surface area contributed by atoms with Crippen LogP contribution in [-0.2, 0) is 4.74 Å². The normalized spacial score (nSPS) is 19.8. The summed E-state index contributed by atoms with van der Waals surface area (Å²) in [6.45, 7) is 5.39. The van der Waals surface area contributed by atoms with Crippen molar-refractivity contribution in [1.82, 2.24) is 10.3 Å². The molecule has 2 aromatic carbocycles. The summed E-state index contributed by atoms with van der Waals surface area (Å²) < 4.78 is 13.0. The second-order valence-corrected chi connectivity index (χ2v) is 10.5. The monoisotopic (exact) mass is 574 g/mol. The van der Waals surface area contributed by atoms with Crippen LogP contribution in [0, 0.1) is 6.92 Å². The largest absolute Gasteiger partial charge is 0.459 e. The minimum atomic E-state index is -0.199. The van der Waals surface area contributed by atoms with Gasteiger partial charge >= 0.3 is 0 Å². The van der Waals surface area contributed by atoms with E-state index in [9.17, 15) is 0 Å². The fourth-order valence-corrected chi connectivity index (χ4v) is 6.08. The Kier molecular flexibility index (Phi) is 6.71. The molecule has 2 atom stereocenters. The molecule has 2 aromatic heterocycles. The summed E-state index contributed by atoms with van der Waals surface area (Å²) in [5.74, 6) is 1.63. The quantitative estimate of drug-likeness (QED) is 0.276. The summed E-state index contributed by atoms with van der Waals surface area (Å²) in [4.78, 5) is 9.14. The maximum atomic E-state index is 6.52. The zero-order valence-corrected chi connectivity index (χ0v) is 22.8. The second kappa shape index (κ2) is 10.3. The van der Waals surface area contributed by atoms with Gasteiger partial charge in [-0.15, -0.1) is 0 Å². The Morgan fingerprint density at radius 3 is 2.49 bits per heavy atom. The van der Waals surface area contributed by atoms with Gasteiger partial charge < -0.3 is 24.3 Å². The molecule has 188 valence electrons. The number of rotatable bonds is 5. The van der Waals surface area contributed by atoms with Crippen LogP contribution in [0.3, 0.4) is 0 Å². The Balaban J connectivity index is 1.38.